The molecule has 6 heteroatoms. The third kappa shape index (κ3) is 2.35. The van der Waals surface area contributed by atoms with Gasteiger partial charge in [-0.3, -0.25) is 14.9 Å². The lowest BCUT2D eigenvalue weighted by Crippen LogP contribution is -2.05. The van der Waals surface area contributed by atoms with Crippen LogP contribution in [0.2, 0.25) is 5.02 Å². The van der Waals surface area contributed by atoms with Crippen molar-refractivity contribution >= 4 is 35.2 Å². The molecule has 4 rings (SSSR count). The summed E-state index contributed by atoms with van der Waals surface area (Å²) in [6.45, 7) is 0. The fourth-order valence-corrected chi connectivity index (χ4v) is 2.78. The van der Waals surface area contributed by atoms with Crippen molar-refractivity contribution in [1.29, 1.82) is 0 Å². The molecule has 0 aliphatic carbocycles. The summed E-state index contributed by atoms with van der Waals surface area (Å²) < 4.78 is 1.32. The molecule has 24 heavy (non-hydrogen) atoms. The Bertz CT molecular complexity index is 1040. The molecule has 5 nitrogen and oxygen atoms in total. The Morgan fingerprint density at radius 1 is 1.12 bits per heavy atom. The molecule has 0 radical (unpaired) electrons. The predicted octanol–water partition coefficient (Wildman–Crippen LogP) is 3.78. The number of aliphatic imine (C=N–C) groups is 1. The van der Waals surface area contributed by atoms with E-state index in [4.69, 9.17) is 11.6 Å². The van der Waals surface area contributed by atoms with Crippen LogP contribution in [0.4, 0.5) is 5.69 Å². The third-order valence-electron chi connectivity index (χ3n) is 3.85. The van der Waals surface area contributed by atoms with Crippen LogP contribution in [0.5, 0.6) is 5.88 Å². The Kier molecular flexibility index (Phi) is 3.36. The third-order valence-corrected chi connectivity index (χ3v) is 4.11. The number of aromatic nitrogens is 2. The number of halogens is 1. The zero-order valence-corrected chi connectivity index (χ0v) is 13.2. The van der Waals surface area contributed by atoms with Crippen LogP contribution in [0.15, 0.2) is 58.3 Å². The highest BCUT2D eigenvalue weighted by atomic mass is 35.5. The fraction of sp³-hybridized carbons (Fsp3) is 0. The summed E-state index contributed by atoms with van der Waals surface area (Å²) in [5.41, 5.74) is 2.96. The normalized spacial score (nSPS) is 14.3. The van der Waals surface area contributed by atoms with Crippen molar-refractivity contribution in [2.75, 3.05) is 0 Å². The fourth-order valence-electron chi connectivity index (χ4n) is 2.65. The van der Waals surface area contributed by atoms with Gasteiger partial charge in [-0.1, -0.05) is 29.8 Å². The number of H-pyrrole nitrogens is 1. The molecule has 0 spiro atoms. The lowest BCUT2D eigenvalue weighted by molar-refractivity contribution is 0.432. The number of nitrogens with zero attached hydrogens (tertiary/aromatic N) is 2. The summed E-state index contributed by atoms with van der Waals surface area (Å²) in [6, 6.07) is 14.4. The molecular weight excluding hydrogens is 326 g/mol. The molecule has 0 amide bonds. The van der Waals surface area contributed by atoms with Gasteiger partial charge < -0.3 is 5.11 Å². The highest BCUT2D eigenvalue weighted by Gasteiger charge is 2.17. The summed E-state index contributed by atoms with van der Waals surface area (Å²) in [6.07, 6.45) is 3.32. The highest BCUT2D eigenvalue weighted by molar-refractivity contribution is 6.30. The largest absolute Gasteiger partial charge is 0.493 e. The number of aromatic hydroxyl groups is 1. The number of benzene rings is 2. The first kappa shape index (κ1) is 14.5. The van der Waals surface area contributed by atoms with Gasteiger partial charge in [-0.15, -0.1) is 0 Å². The van der Waals surface area contributed by atoms with Crippen LogP contribution < -0.4 is 5.56 Å². The monoisotopic (exact) mass is 337 g/mol. The quantitative estimate of drug-likeness (QED) is 0.747. The van der Waals surface area contributed by atoms with Gasteiger partial charge >= 0.3 is 0 Å². The minimum atomic E-state index is -0.382. The van der Waals surface area contributed by atoms with Crippen molar-refractivity contribution in [2.24, 2.45) is 4.99 Å². The van der Waals surface area contributed by atoms with E-state index in [0.717, 1.165) is 16.8 Å². The number of rotatable bonds is 2. The van der Waals surface area contributed by atoms with Crippen LogP contribution in [0.3, 0.4) is 0 Å². The van der Waals surface area contributed by atoms with E-state index in [0.29, 0.717) is 10.7 Å². The molecule has 0 saturated heterocycles. The van der Waals surface area contributed by atoms with E-state index in [1.54, 1.807) is 36.6 Å². The smallest absolute Gasteiger partial charge is 0.275 e. The SMILES string of the molecule is O=c1[nH]n(-c2ccc(Cl)cc2)c(O)c1/C=C1\C=Nc2ccccc21. The van der Waals surface area contributed by atoms with E-state index in [2.05, 4.69) is 10.1 Å². The molecule has 1 aromatic heterocycles. The van der Waals surface area contributed by atoms with Crippen molar-refractivity contribution in [2.45, 2.75) is 0 Å². The van der Waals surface area contributed by atoms with Crippen LogP contribution in [0, 0.1) is 0 Å². The van der Waals surface area contributed by atoms with Gasteiger partial charge in [-0.2, -0.15) is 0 Å². The summed E-state index contributed by atoms with van der Waals surface area (Å²) in [4.78, 5) is 16.6. The van der Waals surface area contributed by atoms with E-state index >= 15 is 0 Å². The van der Waals surface area contributed by atoms with Crippen LogP contribution in [-0.2, 0) is 0 Å². The van der Waals surface area contributed by atoms with Crippen LogP contribution >= 0.6 is 11.6 Å². The van der Waals surface area contributed by atoms with Crippen molar-refractivity contribution in [3.63, 3.8) is 0 Å². The van der Waals surface area contributed by atoms with E-state index in [1.807, 2.05) is 24.3 Å². The molecule has 0 bridgehead atoms. The van der Waals surface area contributed by atoms with E-state index < -0.39 is 0 Å². The molecule has 2 aromatic carbocycles. The first-order chi connectivity index (χ1) is 11.6. The molecule has 0 saturated carbocycles. The molecule has 2 heterocycles. The molecule has 3 aromatic rings. The summed E-state index contributed by atoms with van der Waals surface area (Å²) in [5, 5.41) is 13.7. The molecule has 0 atom stereocenters. The topological polar surface area (TPSA) is 70.4 Å². The highest BCUT2D eigenvalue weighted by Crippen LogP contribution is 2.33. The van der Waals surface area contributed by atoms with E-state index in [1.165, 1.54) is 4.68 Å². The number of fused-ring (bicyclic) bond motifs is 1. The molecule has 118 valence electrons. The molecule has 1 aliphatic heterocycles. The van der Waals surface area contributed by atoms with Gasteiger partial charge in [0.05, 0.1) is 11.4 Å². The Morgan fingerprint density at radius 2 is 1.88 bits per heavy atom. The van der Waals surface area contributed by atoms with Gasteiger partial charge in [0.25, 0.3) is 5.56 Å². The maximum Gasteiger partial charge on any atom is 0.275 e. The van der Waals surface area contributed by atoms with Gasteiger partial charge in [0.1, 0.15) is 5.56 Å². The maximum atomic E-state index is 12.2. The predicted molar refractivity (Wildman–Crippen MR) is 95.5 cm³/mol. The zero-order chi connectivity index (χ0) is 16.7. The average molecular weight is 338 g/mol. The number of hydrogen-bond donors (Lipinski definition) is 2. The summed E-state index contributed by atoms with van der Waals surface area (Å²) in [5.74, 6) is -0.160. The van der Waals surface area contributed by atoms with Crippen LogP contribution in [-0.4, -0.2) is 21.1 Å². The van der Waals surface area contributed by atoms with Gasteiger partial charge in [-0.05, 0) is 36.4 Å². The lowest BCUT2D eigenvalue weighted by Gasteiger charge is -2.04. The summed E-state index contributed by atoms with van der Waals surface area (Å²) >= 11 is 5.87. The first-order valence-corrected chi connectivity index (χ1v) is 7.66. The molecule has 1 aliphatic rings. The van der Waals surface area contributed by atoms with Gasteiger partial charge in [-0.25, -0.2) is 4.68 Å². The van der Waals surface area contributed by atoms with Gasteiger partial charge in [0.15, 0.2) is 0 Å². The van der Waals surface area contributed by atoms with Crippen LogP contribution in [0.1, 0.15) is 11.1 Å². The van der Waals surface area contributed by atoms with Crippen molar-refractivity contribution in [3.8, 4) is 11.6 Å². The number of nitrogens with one attached hydrogen (secondary N) is 1. The maximum absolute atomic E-state index is 12.2. The minimum absolute atomic E-state index is 0.160. The molecule has 2 N–H and O–H groups in total. The number of para-hydroxylation sites is 1. The Morgan fingerprint density at radius 3 is 2.67 bits per heavy atom. The average Bonchev–Trinajstić information content (AvgIpc) is 3.12. The molecule has 0 unspecified atom stereocenters. The first-order valence-electron chi connectivity index (χ1n) is 7.28. The van der Waals surface area contributed by atoms with Crippen molar-refractivity contribution in [3.05, 3.63) is 75.0 Å². The van der Waals surface area contributed by atoms with Gasteiger partial charge in [0.2, 0.25) is 5.88 Å². The van der Waals surface area contributed by atoms with Crippen molar-refractivity contribution in [1.82, 2.24) is 9.78 Å². The molecule has 0 fully saturated rings. The van der Waals surface area contributed by atoms with Crippen molar-refractivity contribution < 1.29 is 5.11 Å². The molecular formula is C18H12ClN3O2. The zero-order valence-electron chi connectivity index (χ0n) is 12.4. The second-order valence-corrected chi connectivity index (χ2v) is 5.80. The Hall–Kier alpha value is -3.05. The Balaban J connectivity index is 1.81. The number of aromatic amines is 1. The Labute approximate surface area is 142 Å². The number of allylic oxidation sites excluding steroid dienone is 1. The lowest BCUT2D eigenvalue weighted by atomic mass is 10.1. The van der Waals surface area contributed by atoms with E-state index in [9.17, 15) is 9.90 Å². The standard InChI is InChI=1S/C18H12ClN3O2/c19-12-5-7-13(8-6-12)22-18(24)15(17(23)21-22)9-11-10-20-16-4-2-1-3-14(11)16/h1-10,24H,(H,21,23)/b11-9+. The summed E-state index contributed by atoms with van der Waals surface area (Å²) in [7, 11) is 0. The second kappa shape index (κ2) is 5.54. The van der Waals surface area contributed by atoms with Crippen LogP contribution in [0.25, 0.3) is 17.3 Å². The number of hydrogen-bond acceptors (Lipinski definition) is 3. The minimum Gasteiger partial charge on any atom is -0.493 e. The van der Waals surface area contributed by atoms with Gasteiger partial charge in [0, 0.05) is 22.4 Å². The van der Waals surface area contributed by atoms with E-state index in [-0.39, 0.29) is 17.0 Å². The second-order valence-electron chi connectivity index (χ2n) is 5.37.